The molecule has 0 bridgehead atoms. The summed E-state index contributed by atoms with van der Waals surface area (Å²) < 4.78 is 1.07. The number of aromatic nitrogens is 2. The van der Waals surface area contributed by atoms with Gasteiger partial charge in [0.25, 0.3) is 0 Å². The van der Waals surface area contributed by atoms with E-state index in [1.165, 1.54) is 16.6 Å². The van der Waals surface area contributed by atoms with Crippen LogP contribution in [0.15, 0.2) is 40.3 Å². The zero-order valence-corrected chi connectivity index (χ0v) is 14.8. The molecule has 0 radical (unpaired) electrons. The van der Waals surface area contributed by atoms with Gasteiger partial charge in [-0.25, -0.2) is 9.97 Å². The number of likely N-dealkylation sites (tertiary alicyclic amines) is 1. The number of carbonyl (C=O) groups is 1. The zero-order valence-electron chi connectivity index (χ0n) is 12.3. The number of hydrogen-bond donors (Lipinski definition) is 0. The Morgan fingerprint density at radius 2 is 2.26 bits per heavy atom. The summed E-state index contributed by atoms with van der Waals surface area (Å²) in [7, 11) is 0. The van der Waals surface area contributed by atoms with Crippen molar-refractivity contribution in [1.29, 1.82) is 0 Å². The highest BCUT2D eigenvalue weighted by molar-refractivity contribution is 8.00. The van der Waals surface area contributed by atoms with Gasteiger partial charge in [-0.05, 0) is 35.7 Å². The molecule has 3 aromatic rings. The van der Waals surface area contributed by atoms with Crippen LogP contribution in [0.5, 0.6) is 0 Å². The number of nitrogens with zero attached hydrogens (tertiary/aromatic N) is 3. The van der Waals surface area contributed by atoms with Gasteiger partial charge >= 0.3 is 0 Å². The van der Waals surface area contributed by atoms with E-state index in [1.807, 2.05) is 16.3 Å². The van der Waals surface area contributed by atoms with Crippen molar-refractivity contribution in [2.75, 3.05) is 12.3 Å². The van der Waals surface area contributed by atoms with Gasteiger partial charge in [-0.15, -0.1) is 22.7 Å². The third-order valence-corrected chi connectivity index (χ3v) is 6.97. The molecule has 1 aliphatic heterocycles. The van der Waals surface area contributed by atoms with Crippen LogP contribution in [0.1, 0.15) is 23.8 Å². The van der Waals surface area contributed by atoms with E-state index in [2.05, 4.69) is 27.5 Å². The first-order valence-electron chi connectivity index (χ1n) is 7.47. The lowest BCUT2D eigenvalue weighted by Crippen LogP contribution is -2.31. The van der Waals surface area contributed by atoms with Crippen LogP contribution in [0, 0.1) is 0 Å². The van der Waals surface area contributed by atoms with Gasteiger partial charge in [0.1, 0.15) is 11.4 Å². The summed E-state index contributed by atoms with van der Waals surface area (Å²) in [6.45, 7) is 0.861. The van der Waals surface area contributed by atoms with E-state index in [4.69, 9.17) is 0 Å². The van der Waals surface area contributed by atoms with Gasteiger partial charge in [0.2, 0.25) is 5.91 Å². The van der Waals surface area contributed by atoms with Crippen LogP contribution in [0.2, 0.25) is 0 Å². The third kappa shape index (κ3) is 3.00. The molecule has 7 heteroatoms. The maximum atomic E-state index is 12.7. The van der Waals surface area contributed by atoms with Gasteiger partial charge in [0.05, 0.1) is 22.0 Å². The summed E-state index contributed by atoms with van der Waals surface area (Å²) >= 11 is 4.89. The second kappa shape index (κ2) is 6.59. The summed E-state index contributed by atoms with van der Waals surface area (Å²) in [6, 6.07) is 6.44. The smallest absolute Gasteiger partial charge is 0.233 e. The molecule has 0 N–H and O–H groups in total. The van der Waals surface area contributed by atoms with Crippen molar-refractivity contribution in [2.45, 2.75) is 23.9 Å². The van der Waals surface area contributed by atoms with E-state index in [0.29, 0.717) is 5.75 Å². The van der Waals surface area contributed by atoms with E-state index in [1.54, 1.807) is 29.0 Å². The summed E-state index contributed by atoms with van der Waals surface area (Å²) in [4.78, 5) is 24.6. The fourth-order valence-corrected chi connectivity index (χ4v) is 5.63. The first-order valence-corrected chi connectivity index (χ1v) is 10.2. The molecule has 0 spiro atoms. The second-order valence-electron chi connectivity index (χ2n) is 5.36. The highest BCUT2D eigenvalue weighted by Gasteiger charge is 2.30. The van der Waals surface area contributed by atoms with E-state index < -0.39 is 0 Å². The number of fused-ring (bicyclic) bond motifs is 1. The van der Waals surface area contributed by atoms with Crippen molar-refractivity contribution in [1.82, 2.24) is 14.9 Å². The van der Waals surface area contributed by atoms with Gasteiger partial charge in [-0.2, -0.15) is 0 Å². The van der Waals surface area contributed by atoms with Gasteiger partial charge in [0.15, 0.2) is 0 Å². The van der Waals surface area contributed by atoms with Crippen LogP contribution in [0.3, 0.4) is 0 Å². The molecular formula is C16H15N3OS3. The summed E-state index contributed by atoms with van der Waals surface area (Å²) in [6.07, 6.45) is 3.73. The minimum atomic E-state index is 0.203. The van der Waals surface area contributed by atoms with Crippen LogP contribution >= 0.6 is 34.4 Å². The van der Waals surface area contributed by atoms with Crippen LogP contribution in [0.4, 0.5) is 0 Å². The fraction of sp³-hybridized carbons (Fsp3) is 0.312. The molecule has 3 aromatic heterocycles. The predicted molar refractivity (Wildman–Crippen MR) is 96.1 cm³/mol. The predicted octanol–water partition coefficient (Wildman–Crippen LogP) is 4.21. The molecule has 1 fully saturated rings. The average molecular weight is 362 g/mol. The number of amides is 1. The Bertz CT molecular complexity index is 815. The van der Waals surface area contributed by atoms with Crippen molar-refractivity contribution < 1.29 is 4.79 Å². The van der Waals surface area contributed by atoms with Gasteiger partial charge in [-0.3, -0.25) is 4.79 Å². The molecule has 4 nitrogen and oxygen atoms in total. The first kappa shape index (κ1) is 15.1. The van der Waals surface area contributed by atoms with E-state index in [0.717, 1.165) is 34.6 Å². The number of thiophene rings is 2. The van der Waals surface area contributed by atoms with Crippen LogP contribution < -0.4 is 0 Å². The lowest BCUT2D eigenvalue weighted by molar-refractivity contribution is -0.129. The lowest BCUT2D eigenvalue weighted by Gasteiger charge is -2.23. The highest BCUT2D eigenvalue weighted by atomic mass is 32.2. The first-order chi connectivity index (χ1) is 11.3. The largest absolute Gasteiger partial charge is 0.334 e. The van der Waals surface area contributed by atoms with Gasteiger partial charge < -0.3 is 4.90 Å². The Kier molecular flexibility index (Phi) is 4.33. The molecule has 4 rings (SSSR count). The Labute approximate surface area is 146 Å². The molecule has 4 heterocycles. The van der Waals surface area contributed by atoms with Crippen molar-refractivity contribution in [3.05, 3.63) is 40.2 Å². The fourth-order valence-electron chi connectivity index (χ4n) is 2.92. The van der Waals surface area contributed by atoms with E-state index in [9.17, 15) is 4.79 Å². The maximum absolute atomic E-state index is 12.7. The van der Waals surface area contributed by atoms with Crippen molar-refractivity contribution in [3.63, 3.8) is 0 Å². The summed E-state index contributed by atoms with van der Waals surface area (Å²) in [5.41, 5.74) is 0.956. The van der Waals surface area contributed by atoms with Crippen LogP contribution in [-0.4, -0.2) is 33.1 Å². The maximum Gasteiger partial charge on any atom is 0.233 e. The van der Waals surface area contributed by atoms with Crippen LogP contribution in [0.25, 0.3) is 10.2 Å². The molecule has 1 amide bonds. The number of rotatable bonds is 4. The molecule has 0 aliphatic carbocycles. The van der Waals surface area contributed by atoms with E-state index in [-0.39, 0.29) is 11.9 Å². The molecule has 1 atom stereocenters. The zero-order chi connectivity index (χ0) is 15.6. The second-order valence-corrected chi connectivity index (χ2v) is 8.22. The molecule has 1 saturated heterocycles. The van der Waals surface area contributed by atoms with Gasteiger partial charge in [0, 0.05) is 11.4 Å². The highest BCUT2D eigenvalue weighted by Crippen LogP contribution is 2.35. The number of hydrogen-bond acceptors (Lipinski definition) is 6. The standard InChI is InChI=1S/C16H15N3OS3/c20-14(19-6-1-3-12(19)13-4-2-7-21-13)9-23-16-15-11(5-8-22-15)17-10-18-16/h2,4-5,7-8,10,12H,1,3,6,9H2. The monoisotopic (exact) mass is 361 g/mol. The Morgan fingerprint density at radius 1 is 1.30 bits per heavy atom. The Hall–Kier alpha value is -1.44. The molecule has 0 saturated carbocycles. The van der Waals surface area contributed by atoms with Gasteiger partial charge in [-0.1, -0.05) is 17.8 Å². The minimum absolute atomic E-state index is 0.203. The topological polar surface area (TPSA) is 46.1 Å². The summed E-state index contributed by atoms with van der Waals surface area (Å²) in [5, 5.41) is 5.00. The van der Waals surface area contributed by atoms with E-state index >= 15 is 0 Å². The third-order valence-electron chi connectivity index (χ3n) is 3.99. The molecule has 23 heavy (non-hydrogen) atoms. The Morgan fingerprint density at radius 3 is 3.13 bits per heavy atom. The van der Waals surface area contributed by atoms with Crippen molar-refractivity contribution in [2.24, 2.45) is 0 Å². The molecule has 0 aromatic carbocycles. The molecule has 1 unspecified atom stereocenters. The number of thioether (sulfide) groups is 1. The average Bonchev–Trinajstić information content (AvgIpc) is 3.32. The van der Waals surface area contributed by atoms with Crippen molar-refractivity contribution >= 4 is 50.6 Å². The quantitative estimate of drug-likeness (QED) is 0.516. The summed E-state index contributed by atoms with van der Waals surface area (Å²) in [5.74, 6) is 0.639. The molecule has 1 aliphatic rings. The Balaban J connectivity index is 1.46. The minimum Gasteiger partial charge on any atom is -0.334 e. The SMILES string of the molecule is O=C(CSc1ncnc2ccsc12)N1CCCC1c1cccs1. The normalized spacial score (nSPS) is 17.9. The lowest BCUT2D eigenvalue weighted by atomic mass is 10.2. The number of carbonyl (C=O) groups excluding carboxylic acids is 1. The molecule has 118 valence electrons. The molecular weight excluding hydrogens is 346 g/mol. The van der Waals surface area contributed by atoms with Crippen LogP contribution in [-0.2, 0) is 4.79 Å². The van der Waals surface area contributed by atoms with Crippen molar-refractivity contribution in [3.8, 4) is 0 Å².